The summed E-state index contributed by atoms with van der Waals surface area (Å²) in [7, 11) is 0. The molecule has 278 valence electrons. The summed E-state index contributed by atoms with van der Waals surface area (Å²) >= 11 is 0. The number of phenols is 2. The number of carbonyl (C=O) groups excluding carboxylic acids is 4. The minimum Gasteiger partial charge on any atom is -0.507 e. The van der Waals surface area contributed by atoms with Crippen molar-refractivity contribution >= 4 is 23.6 Å². The molecule has 0 spiro atoms. The molecule has 2 rings (SSSR count). The number of hydrazine groups is 2. The van der Waals surface area contributed by atoms with Crippen LogP contribution in [0, 0.1) is 5.92 Å². The molecule has 2 aromatic rings. The van der Waals surface area contributed by atoms with Crippen LogP contribution in [0.5, 0.6) is 11.5 Å². The van der Waals surface area contributed by atoms with Crippen LogP contribution in [0.3, 0.4) is 0 Å². The van der Waals surface area contributed by atoms with Crippen LogP contribution in [0.1, 0.15) is 168 Å². The molecule has 0 saturated heterocycles. The van der Waals surface area contributed by atoms with Crippen molar-refractivity contribution in [2.75, 3.05) is 0 Å². The van der Waals surface area contributed by atoms with Gasteiger partial charge in [0.2, 0.25) is 11.8 Å². The smallest absolute Gasteiger partial charge is 0.273 e. The van der Waals surface area contributed by atoms with Crippen LogP contribution in [-0.4, -0.2) is 33.8 Å². The summed E-state index contributed by atoms with van der Waals surface area (Å²) in [5.74, 6) is -2.13. The number of aryl methyl sites for hydroxylation is 2. The Hall–Kier alpha value is -4.08. The lowest BCUT2D eigenvalue weighted by Gasteiger charge is -2.16. The zero-order valence-corrected chi connectivity index (χ0v) is 30.7. The van der Waals surface area contributed by atoms with Crippen molar-refractivity contribution in [2.45, 2.75) is 149 Å². The third-order valence-electron chi connectivity index (χ3n) is 9.18. The molecule has 4 amide bonds. The van der Waals surface area contributed by atoms with Crippen molar-refractivity contribution in [3.63, 3.8) is 0 Å². The number of carbonyl (C=O) groups is 4. The van der Waals surface area contributed by atoms with Crippen molar-refractivity contribution in [2.24, 2.45) is 5.92 Å². The monoisotopic (exact) mass is 694 g/mol. The van der Waals surface area contributed by atoms with Crippen LogP contribution in [0.25, 0.3) is 0 Å². The summed E-state index contributed by atoms with van der Waals surface area (Å²) in [5.41, 5.74) is 12.1. The number of phenolic OH excluding ortho intramolecular Hbond substituents is 2. The fraction of sp³-hybridized carbons (Fsp3) is 0.600. The highest BCUT2D eigenvalue weighted by Crippen LogP contribution is 2.22. The topological polar surface area (TPSA) is 157 Å². The molecule has 0 bridgehead atoms. The van der Waals surface area contributed by atoms with E-state index < -0.39 is 11.8 Å². The van der Waals surface area contributed by atoms with E-state index in [1.165, 1.54) is 50.7 Å². The Morgan fingerprint density at radius 1 is 0.560 bits per heavy atom. The molecular weight excluding hydrogens is 632 g/mol. The van der Waals surface area contributed by atoms with Crippen molar-refractivity contribution in [3.05, 3.63) is 58.7 Å². The largest absolute Gasteiger partial charge is 0.507 e. The third-order valence-corrected chi connectivity index (χ3v) is 9.18. The van der Waals surface area contributed by atoms with Gasteiger partial charge in [0.25, 0.3) is 11.8 Å². The van der Waals surface area contributed by atoms with E-state index in [0.717, 1.165) is 75.3 Å². The molecular formula is C40H62N4O6. The first-order valence-electron chi connectivity index (χ1n) is 19.0. The molecule has 0 aliphatic heterocycles. The van der Waals surface area contributed by atoms with Gasteiger partial charge in [-0.2, -0.15) is 0 Å². The Bertz CT molecular complexity index is 1330. The van der Waals surface area contributed by atoms with Crippen molar-refractivity contribution < 1.29 is 29.4 Å². The molecule has 50 heavy (non-hydrogen) atoms. The van der Waals surface area contributed by atoms with E-state index in [4.69, 9.17) is 0 Å². The van der Waals surface area contributed by atoms with Gasteiger partial charge in [0.1, 0.15) is 11.5 Å². The molecule has 0 saturated carbocycles. The standard InChI is InChI=1S/C40H62N4O6/c1-4-7-9-12-16-20-30-24-26-35(45)33(28-30)39(49)43-41-37(47)23-19-15-11-14-18-22-32(6-3)38(48)42-44-40(50)34-29-31(25-27-36(34)46)21-17-13-10-8-5-2/h24-29,32,45-46H,4-23H2,1-3H3,(H,41,47)(H,42,48)(H,43,49)(H,44,50). The molecule has 10 nitrogen and oxygen atoms in total. The lowest BCUT2D eigenvalue weighted by molar-refractivity contribution is -0.126. The maximum atomic E-state index is 12.8. The van der Waals surface area contributed by atoms with Crippen LogP contribution >= 0.6 is 0 Å². The summed E-state index contributed by atoms with van der Waals surface area (Å²) in [6.45, 7) is 6.29. The summed E-state index contributed by atoms with van der Waals surface area (Å²) in [6, 6.07) is 10.1. The summed E-state index contributed by atoms with van der Waals surface area (Å²) in [6.07, 6.45) is 18.9. The number of amides is 4. The van der Waals surface area contributed by atoms with Gasteiger partial charge in [-0.05, 0) is 80.3 Å². The van der Waals surface area contributed by atoms with Crippen LogP contribution in [0.2, 0.25) is 0 Å². The van der Waals surface area contributed by atoms with Gasteiger partial charge in [0.05, 0.1) is 11.1 Å². The Labute approximate surface area is 299 Å². The molecule has 0 heterocycles. The van der Waals surface area contributed by atoms with E-state index in [1.807, 2.05) is 19.1 Å². The Morgan fingerprint density at radius 2 is 1.02 bits per heavy atom. The zero-order valence-electron chi connectivity index (χ0n) is 30.7. The fourth-order valence-electron chi connectivity index (χ4n) is 5.98. The molecule has 10 heteroatoms. The van der Waals surface area contributed by atoms with Gasteiger partial charge in [-0.15, -0.1) is 0 Å². The molecule has 1 unspecified atom stereocenters. The molecule has 0 radical (unpaired) electrons. The average molecular weight is 695 g/mol. The molecule has 2 aromatic carbocycles. The highest BCUT2D eigenvalue weighted by Gasteiger charge is 2.19. The van der Waals surface area contributed by atoms with E-state index in [-0.39, 0.29) is 46.8 Å². The van der Waals surface area contributed by atoms with Gasteiger partial charge in [-0.1, -0.05) is 110 Å². The van der Waals surface area contributed by atoms with Gasteiger partial charge in [-0.25, -0.2) is 0 Å². The number of unbranched alkanes of at least 4 members (excludes halogenated alkanes) is 12. The van der Waals surface area contributed by atoms with Gasteiger partial charge in [0.15, 0.2) is 0 Å². The molecule has 0 aromatic heterocycles. The van der Waals surface area contributed by atoms with Gasteiger partial charge < -0.3 is 10.2 Å². The van der Waals surface area contributed by atoms with Crippen LogP contribution in [0.15, 0.2) is 36.4 Å². The number of nitrogens with one attached hydrogen (secondary N) is 4. The molecule has 0 fully saturated rings. The Morgan fingerprint density at radius 3 is 1.54 bits per heavy atom. The van der Waals surface area contributed by atoms with E-state index in [2.05, 4.69) is 35.6 Å². The second kappa shape index (κ2) is 25.0. The first-order valence-corrected chi connectivity index (χ1v) is 19.0. The second-order valence-electron chi connectivity index (χ2n) is 13.4. The predicted octanol–water partition coefficient (Wildman–Crippen LogP) is 8.10. The zero-order chi connectivity index (χ0) is 36.6. The van der Waals surface area contributed by atoms with E-state index in [9.17, 15) is 29.4 Å². The quantitative estimate of drug-likeness (QED) is 0.0482. The minimum absolute atomic E-state index is 0.120. The highest BCUT2D eigenvalue weighted by atomic mass is 16.3. The SMILES string of the molecule is CCCCCCCc1ccc(O)c(C(=O)NNC(=O)CCCCCCCC(CC)C(=O)NNC(=O)c2cc(CCCCCCC)ccc2O)c1. The van der Waals surface area contributed by atoms with Gasteiger partial charge >= 0.3 is 0 Å². The maximum absolute atomic E-state index is 12.8. The summed E-state index contributed by atoms with van der Waals surface area (Å²) in [4.78, 5) is 50.4. The Balaban J connectivity index is 1.62. The van der Waals surface area contributed by atoms with Crippen molar-refractivity contribution in [1.29, 1.82) is 0 Å². The minimum atomic E-state index is -0.548. The summed E-state index contributed by atoms with van der Waals surface area (Å²) < 4.78 is 0. The lowest BCUT2D eigenvalue weighted by Crippen LogP contribution is -2.44. The molecule has 0 aliphatic rings. The number of hydrogen-bond acceptors (Lipinski definition) is 6. The van der Waals surface area contributed by atoms with Crippen LogP contribution in [-0.2, 0) is 22.4 Å². The van der Waals surface area contributed by atoms with Gasteiger partial charge in [-0.3, -0.25) is 40.9 Å². The lowest BCUT2D eigenvalue weighted by atomic mass is 9.97. The van der Waals surface area contributed by atoms with E-state index >= 15 is 0 Å². The summed E-state index contributed by atoms with van der Waals surface area (Å²) in [5, 5.41) is 20.4. The normalized spacial score (nSPS) is 11.5. The molecule has 1 atom stereocenters. The number of rotatable bonds is 24. The highest BCUT2D eigenvalue weighted by molar-refractivity contribution is 5.98. The number of aromatic hydroxyl groups is 2. The first kappa shape index (κ1) is 42.1. The maximum Gasteiger partial charge on any atom is 0.273 e. The predicted molar refractivity (Wildman–Crippen MR) is 198 cm³/mol. The van der Waals surface area contributed by atoms with Crippen LogP contribution < -0.4 is 21.7 Å². The molecule has 6 N–H and O–H groups in total. The van der Waals surface area contributed by atoms with Crippen molar-refractivity contribution in [1.82, 2.24) is 21.7 Å². The number of hydrogen-bond donors (Lipinski definition) is 6. The second-order valence-corrected chi connectivity index (χ2v) is 13.4. The van der Waals surface area contributed by atoms with Crippen molar-refractivity contribution in [3.8, 4) is 11.5 Å². The molecule has 0 aliphatic carbocycles. The van der Waals surface area contributed by atoms with E-state index in [0.29, 0.717) is 19.3 Å². The Kier molecular flexibility index (Phi) is 21.0. The number of benzene rings is 2. The van der Waals surface area contributed by atoms with Gasteiger partial charge in [0, 0.05) is 12.3 Å². The fourth-order valence-corrected chi connectivity index (χ4v) is 5.98. The van der Waals surface area contributed by atoms with Crippen LogP contribution in [0.4, 0.5) is 0 Å². The third kappa shape index (κ3) is 16.5. The average Bonchev–Trinajstić information content (AvgIpc) is 3.11. The van der Waals surface area contributed by atoms with E-state index in [1.54, 1.807) is 12.1 Å². The first-order chi connectivity index (χ1) is 24.2.